The molecule has 1 amide bonds. The number of benzene rings is 2. The smallest absolute Gasteiger partial charge is 0.275 e. The van der Waals surface area contributed by atoms with E-state index in [2.05, 4.69) is 10.0 Å². The monoisotopic (exact) mass is 466 g/mol. The van der Waals surface area contributed by atoms with Crippen LogP contribution < -0.4 is 10.0 Å². The standard InChI is InChI=1S/C20H23ClN4O5S/c1-14-18(21)11-17(12-19(14)25(27)28)31(29,30)23-16-7-9-24(10-8-16)13-20(26)22-15-5-3-2-4-6-15/h2-6,11-12,16,23H,7-10,13H2,1H3,(H,22,26). The number of nitrogens with zero attached hydrogens (tertiary/aromatic N) is 2. The van der Waals surface area contributed by atoms with Gasteiger partial charge in [-0.25, -0.2) is 13.1 Å². The first-order chi connectivity index (χ1) is 14.7. The van der Waals surface area contributed by atoms with Gasteiger partial charge in [0.1, 0.15) is 0 Å². The van der Waals surface area contributed by atoms with E-state index in [1.165, 1.54) is 13.0 Å². The van der Waals surface area contributed by atoms with Gasteiger partial charge >= 0.3 is 0 Å². The molecule has 2 N–H and O–H groups in total. The van der Waals surface area contributed by atoms with Crippen LogP contribution in [-0.4, -0.2) is 49.8 Å². The first-order valence-corrected chi connectivity index (χ1v) is 11.6. The minimum Gasteiger partial charge on any atom is -0.325 e. The van der Waals surface area contributed by atoms with Crippen LogP contribution in [0.4, 0.5) is 11.4 Å². The number of amides is 1. The van der Waals surface area contributed by atoms with Crippen molar-refractivity contribution in [2.75, 3.05) is 25.0 Å². The molecule has 1 heterocycles. The second-order valence-electron chi connectivity index (χ2n) is 7.39. The molecule has 31 heavy (non-hydrogen) atoms. The summed E-state index contributed by atoms with van der Waals surface area (Å²) in [5, 5.41) is 14.0. The van der Waals surface area contributed by atoms with E-state index >= 15 is 0 Å². The van der Waals surface area contributed by atoms with Crippen LogP contribution in [0.3, 0.4) is 0 Å². The number of carbonyl (C=O) groups is 1. The average molecular weight is 467 g/mol. The lowest BCUT2D eigenvalue weighted by molar-refractivity contribution is -0.385. The van der Waals surface area contributed by atoms with Crippen LogP contribution in [0, 0.1) is 17.0 Å². The van der Waals surface area contributed by atoms with Crippen molar-refractivity contribution in [3.8, 4) is 0 Å². The van der Waals surface area contributed by atoms with Gasteiger partial charge in [-0.3, -0.25) is 19.8 Å². The van der Waals surface area contributed by atoms with Crippen molar-refractivity contribution in [1.29, 1.82) is 0 Å². The summed E-state index contributed by atoms with van der Waals surface area (Å²) in [5.74, 6) is -0.133. The normalized spacial score (nSPS) is 15.5. The predicted octanol–water partition coefficient (Wildman–Crippen LogP) is 2.94. The summed E-state index contributed by atoms with van der Waals surface area (Å²) in [6.45, 7) is 2.77. The third-order valence-corrected chi connectivity index (χ3v) is 7.02. The summed E-state index contributed by atoms with van der Waals surface area (Å²) in [7, 11) is -3.97. The van der Waals surface area contributed by atoms with Gasteiger partial charge in [-0.2, -0.15) is 0 Å². The number of nitro groups is 1. The molecule has 166 valence electrons. The zero-order valence-electron chi connectivity index (χ0n) is 16.9. The number of hydrogen-bond donors (Lipinski definition) is 2. The minimum absolute atomic E-state index is 0.0221. The van der Waals surface area contributed by atoms with Gasteiger partial charge in [-0.05, 0) is 38.0 Å². The first-order valence-electron chi connectivity index (χ1n) is 9.70. The minimum atomic E-state index is -3.97. The van der Waals surface area contributed by atoms with Gasteiger partial charge < -0.3 is 5.32 Å². The van der Waals surface area contributed by atoms with Crippen LogP contribution in [0.2, 0.25) is 5.02 Å². The van der Waals surface area contributed by atoms with E-state index in [-0.39, 0.29) is 39.7 Å². The Morgan fingerprint density at radius 2 is 1.87 bits per heavy atom. The van der Waals surface area contributed by atoms with Crippen LogP contribution in [0.25, 0.3) is 0 Å². The number of carbonyl (C=O) groups excluding carboxylic acids is 1. The van der Waals surface area contributed by atoms with Crippen LogP contribution in [0.15, 0.2) is 47.4 Å². The molecule has 0 unspecified atom stereocenters. The lowest BCUT2D eigenvalue weighted by Gasteiger charge is -2.31. The quantitative estimate of drug-likeness (QED) is 0.478. The highest BCUT2D eigenvalue weighted by Gasteiger charge is 2.28. The van der Waals surface area contributed by atoms with Crippen molar-refractivity contribution in [2.24, 2.45) is 0 Å². The molecule has 1 fully saturated rings. The maximum absolute atomic E-state index is 12.7. The van der Waals surface area contributed by atoms with E-state index in [9.17, 15) is 23.3 Å². The molecule has 11 heteroatoms. The summed E-state index contributed by atoms with van der Waals surface area (Å²) in [4.78, 5) is 24.4. The fraction of sp³-hybridized carbons (Fsp3) is 0.350. The van der Waals surface area contributed by atoms with Crippen LogP contribution in [0.1, 0.15) is 18.4 Å². The Labute approximate surface area is 185 Å². The molecule has 1 aliphatic rings. The molecule has 0 aromatic heterocycles. The van der Waals surface area contributed by atoms with E-state index in [0.717, 1.165) is 11.8 Å². The van der Waals surface area contributed by atoms with Crippen molar-refractivity contribution >= 4 is 38.9 Å². The number of nitrogens with one attached hydrogen (secondary N) is 2. The highest BCUT2D eigenvalue weighted by Crippen LogP contribution is 2.29. The molecule has 0 atom stereocenters. The second kappa shape index (κ2) is 9.73. The number of anilines is 1. The van der Waals surface area contributed by atoms with E-state index in [1.807, 2.05) is 23.1 Å². The Balaban J connectivity index is 1.57. The number of piperidine rings is 1. The Morgan fingerprint density at radius 1 is 1.23 bits per heavy atom. The van der Waals surface area contributed by atoms with Crippen molar-refractivity contribution in [3.63, 3.8) is 0 Å². The van der Waals surface area contributed by atoms with Crippen LogP contribution in [0.5, 0.6) is 0 Å². The second-order valence-corrected chi connectivity index (χ2v) is 9.51. The fourth-order valence-electron chi connectivity index (χ4n) is 3.41. The van der Waals surface area contributed by atoms with E-state index < -0.39 is 14.9 Å². The number of hydrogen-bond acceptors (Lipinski definition) is 6. The Morgan fingerprint density at radius 3 is 2.48 bits per heavy atom. The number of rotatable bonds is 7. The molecule has 0 aliphatic carbocycles. The Kier molecular flexibility index (Phi) is 7.26. The van der Waals surface area contributed by atoms with Gasteiger partial charge in [-0.15, -0.1) is 0 Å². The summed E-state index contributed by atoms with van der Waals surface area (Å²) in [6, 6.07) is 11.1. The van der Waals surface area contributed by atoms with E-state index in [1.54, 1.807) is 12.1 Å². The van der Waals surface area contributed by atoms with Crippen molar-refractivity contribution < 1.29 is 18.1 Å². The summed E-state index contributed by atoms with van der Waals surface area (Å²) in [6.07, 6.45) is 1.03. The topological polar surface area (TPSA) is 122 Å². The molecule has 2 aromatic carbocycles. The van der Waals surface area contributed by atoms with Crippen molar-refractivity contribution in [3.05, 3.63) is 63.2 Å². The highest BCUT2D eigenvalue weighted by molar-refractivity contribution is 7.89. The SMILES string of the molecule is Cc1c(Cl)cc(S(=O)(=O)NC2CCN(CC(=O)Nc3ccccc3)CC2)cc1[N+](=O)[O-]. The molecule has 2 aromatic rings. The molecule has 9 nitrogen and oxygen atoms in total. The summed E-state index contributed by atoms with van der Waals surface area (Å²) in [5.41, 5.74) is 0.598. The number of sulfonamides is 1. The molecular formula is C20H23ClN4O5S. The van der Waals surface area contributed by atoms with E-state index in [0.29, 0.717) is 25.9 Å². The lowest BCUT2D eigenvalue weighted by atomic mass is 10.1. The van der Waals surface area contributed by atoms with Crippen LogP contribution >= 0.6 is 11.6 Å². The van der Waals surface area contributed by atoms with E-state index in [4.69, 9.17) is 11.6 Å². The molecule has 3 rings (SSSR count). The van der Waals surface area contributed by atoms with Gasteiger partial charge in [0.15, 0.2) is 0 Å². The molecule has 1 saturated heterocycles. The first kappa shape index (κ1) is 23.1. The fourth-order valence-corrected chi connectivity index (χ4v) is 5.04. The Bertz CT molecular complexity index is 1070. The van der Waals surface area contributed by atoms with Gasteiger partial charge in [0, 0.05) is 36.4 Å². The maximum atomic E-state index is 12.7. The summed E-state index contributed by atoms with van der Waals surface area (Å²) < 4.78 is 28.1. The number of nitro benzene ring substituents is 1. The third-order valence-electron chi connectivity index (χ3n) is 5.13. The van der Waals surface area contributed by atoms with Gasteiger partial charge in [0.25, 0.3) is 5.69 Å². The number of para-hydroxylation sites is 1. The molecule has 1 aliphatic heterocycles. The molecule has 0 bridgehead atoms. The number of likely N-dealkylation sites (tertiary alicyclic amines) is 1. The van der Waals surface area contributed by atoms with Gasteiger partial charge in [0.2, 0.25) is 15.9 Å². The van der Waals surface area contributed by atoms with Crippen molar-refractivity contribution in [2.45, 2.75) is 30.7 Å². The summed E-state index contributed by atoms with van der Waals surface area (Å²) >= 11 is 6.00. The maximum Gasteiger partial charge on any atom is 0.275 e. The van der Waals surface area contributed by atoms with Crippen LogP contribution in [-0.2, 0) is 14.8 Å². The third kappa shape index (κ3) is 6.01. The molecule has 0 spiro atoms. The highest BCUT2D eigenvalue weighted by atomic mass is 35.5. The van der Waals surface area contributed by atoms with Gasteiger partial charge in [0.05, 0.1) is 21.4 Å². The van der Waals surface area contributed by atoms with Gasteiger partial charge in [-0.1, -0.05) is 29.8 Å². The Hall–Kier alpha value is -2.53. The zero-order chi connectivity index (χ0) is 22.6. The average Bonchev–Trinajstić information content (AvgIpc) is 2.71. The molecular weight excluding hydrogens is 444 g/mol. The largest absolute Gasteiger partial charge is 0.325 e. The van der Waals surface area contributed by atoms with Crippen molar-refractivity contribution in [1.82, 2.24) is 9.62 Å². The molecule has 0 saturated carbocycles. The lowest BCUT2D eigenvalue weighted by Crippen LogP contribution is -2.46. The predicted molar refractivity (Wildman–Crippen MR) is 118 cm³/mol. The zero-order valence-corrected chi connectivity index (χ0v) is 18.4. The number of halogens is 1. The molecule has 0 radical (unpaired) electrons.